The van der Waals surface area contributed by atoms with Gasteiger partial charge in [0, 0.05) is 4.47 Å². The molecule has 2 rings (SSSR count). The first-order chi connectivity index (χ1) is 9.72. The number of nitrogens with two attached hydrogens (primary N) is 1. The van der Waals surface area contributed by atoms with Crippen molar-refractivity contribution in [3.63, 3.8) is 0 Å². The Hall–Kier alpha value is -1.49. The summed E-state index contributed by atoms with van der Waals surface area (Å²) < 4.78 is 1.03. The monoisotopic (exact) mass is 333 g/mol. The summed E-state index contributed by atoms with van der Waals surface area (Å²) in [6.07, 6.45) is 0. The van der Waals surface area contributed by atoms with Crippen molar-refractivity contribution in [1.29, 1.82) is 5.41 Å². The summed E-state index contributed by atoms with van der Waals surface area (Å²) in [5, 5.41) is 11.5. The van der Waals surface area contributed by atoms with Gasteiger partial charge in [0.15, 0.2) is 0 Å². The minimum atomic E-state index is -0.0765. The molecule has 0 aliphatic heterocycles. The molecule has 0 amide bonds. The fourth-order valence-electron chi connectivity index (χ4n) is 1.92. The van der Waals surface area contributed by atoms with Crippen LogP contribution in [0.3, 0.4) is 0 Å². The second-order valence-electron chi connectivity index (χ2n) is 4.05. The molecule has 2 aromatic rings. The lowest BCUT2D eigenvalue weighted by Crippen LogP contribution is -2.25. The Kier molecular flexibility index (Phi) is 7.15. The average Bonchev–Trinajstić information content (AvgIpc) is 2.52. The zero-order chi connectivity index (χ0) is 15.0. The second-order valence-corrected chi connectivity index (χ2v) is 4.97. The highest BCUT2D eigenvalue weighted by molar-refractivity contribution is 9.10. The highest BCUT2D eigenvalue weighted by atomic mass is 79.9. The van der Waals surface area contributed by atoms with Gasteiger partial charge in [0.05, 0.1) is 11.8 Å². The second kappa shape index (κ2) is 8.64. The molecule has 0 aliphatic carbocycles. The molecule has 3 nitrogen and oxygen atoms in total. The standard InChI is InChI=1S/C15H15BrN2.CH5N/c1-18-15(12-5-3-2-4-6-12)14(17)11-7-9-13(16)10-8-11;1-2/h2-10,15,17-18H,1H3;2H2,1H3. The van der Waals surface area contributed by atoms with Crippen LogP contribution in [0.4, 0.5) is 0 Å². The molecule has 0 saturated carbocycles. The average molecular weight is 334 g/mol. The predicted molar refractivity (Wildman–Crippen MR) is 89.3 cm³/mol. The maximum absolute atomic E-state index is 8.32. The van der Waals surface area contributed by atoms with Gasteiger partial charge in [0.2, 0.25) is 0 Å². The first kappa shape index (κ1) is 16.6. The third-order valence-electron chi connectivity index (χ3n) is 2.87. The Bertz CT molecular complexity index is 523. The minimum absolute atomic E-state index is 0.0765. The highest BCUT2D eigenvalue weighted by Gasteiger charge is 2.15. The first-order valence-electron chi connectivity index (χ1n) is 6.36. The molecule has 0 aromatic heterocycles. The quantitative estimate of drug-likeness (QED) is 0.751. The van der Waals surface area contributed by atoms with E-state index >= 15 is 0 Å². The molecule has 0 fully saturated rings. The van der Waals surface area contributed by atoms with E-state index in [-0.39, 0.29) is 6.04 Å². The van der Waals surface area contributed by atoms with E-state index in [1.54, 1.807) is 0 Å². The number of hydrogen-bond donors (Lipinski definition) is 3. The molecule has 1 unspecified atom stereocenters. The van der Waals surface area contributed by atoms with E-state index in [9.17, 15) is 0 Å². The normalized spacial score (nSPS) is 11.2. The Morgan fingerprint density at radius 1 is 1.05 bits per heavy atom. The summed E-state index contributed by atoms with van der Waals surface area (Å²) in [6, 6.07) is 17.8. The summed E-state index contributed by atoms with van der Waals surface area (Å²) in [5.41, 5.74) is 7.12. The van der Waals surface area contributed by atoms with Gasteiger partial charge in [0.25, 0.3) is 0 Å². The van der Waals surface area contributed by atoms with E-state index in [1.165, 1.54) is 7.05 Å². The van der Waals surface area contributed by atoms with Crippen molar-refractivity contribution in [1.82, 2.24) is 5.32 Å². The largest absolute Gasteiger partial charge is 0.333 e. The van der Waals surface area contributed by atoms with Crippen molar-refractivity contribution < 1.29 is 0 Å². The summed E-state index contributed by atoms with van der Waals surface area (Å²) in [6.45, 7) is 0. The molecule has 0 spiro atoms. The van der Waals surface area contributed by atoms with Gasteiger partial charge in [-0.3, -0.25) is 0 Å². The molecule has 0 radical (unpaired) electrons. The van der Waals surface area contributed by atoms with Gasteiger partial charge < -0.3 is 16.5 Å². The molecule has 4 heteroatoms. The molecule has 0 saturated heterocycles. The predicted octanol–water partition coefficient (Wildman–Crippen LogP) is 3.35. The van der Waals surface area contributed by atoms with Crippen molar-refractivity contribution in [2.24, 2.45) is 5.73 Å². The summed E-state index contributed by atoms with van der Waals surface area (Å²) >= 11 is 3.41. The van der Waals surface area contributed by atoms with Crippen LogP contribution >= 0.6 is 15.9 Å². The molecule has 106 valence electrons. The van der Waals surface area contributed by atoms with Gasteiger partial charge in [-0.25, -0.2) is 0 Å². The number of likely N-dealkylation sites (N-methyl/N-ethyl adjacent to an activating group) is 1. The van der Waals surface area contributed by atoms with E-state index in [1.807, 2.05) is 61.6 Å². The van der Waals surface area contributed by atoms with Gasteiger partial charge in [-0.05, 0) is 37.4 Å². The topological polar surface area (TPSA) is 61.9 Å². The molecule has 0 aliphatic rings. The number of halogens is 1. The van der Waals surface area contributed by atoms with Gasteiger partial charge >= 0.3 is 0 Å². The molecule has 20 heavy (non-hydrogen) atoms. The SMILES string of the molecule is CN.CNC(C(=N)c1ccc(Br)cc1)c1ccccc1. The lowest BCUT2D eigenvalue weighted by Gasteiger charge is -2.18. The van der Waals surface area contributed by atoms with Crippen LogP contribution in [-0.4, -0.2) is 19.8 Å². The first-order valence-corrected chi connectivity index (χ1v) is 7.16. The Balaban J connectivity index is 0.000000956. The van der Waals surface area contributed by atoms with Crippen LogP contribution in [0.15, 0.2) is 59.1 Å². The highest BCUT2D eigenvalue weighted by Crippen LogP contribution is 2.19. The van der Waals surface area contributed by atoms with Crippen LogP contribution in [0.2, 0.25) is 0 Å². The summed E-state index contributed by atoms with van der Waals surface area (Å²) in [4.78, 5) is 0. The van der Waals surface area contributed by atoms with Gasteiger partial charge in [-0.1, -0.05) is 58.4 Å². The van der Waals surface area contributed by atoms with E-state index in [0.29, 0.717) is 5.71 Å². The molecular formula is C16H20BrN3. The van der Waals surface area contributed by atoms with Crippen molar-refractivity contribution in [3.05, 3.63) is 70.2 Å². The van der Waals surface area contributed by atoms with E-state index in [4.69, 9.17) is 5.41 Å². The van der Waals surface area contributed by atoms with Gasteiger partial charge in [0.1, 0.15) is 0 Å². The molecule has 4 N–H and O–H groups in total. The van der Waals surface area contributed by atoms with Crippen molar-refractivity contribution in [2.75, 3.05) is 14.1 Å². The Morgan fingerprint density at radius 2 is 1.60 bits per heavy atom. The maximum atomic E-state index is 8.32. The molecule has 1 atom stereocenters. The third kappa shape index (κ3) is 4.27. The van der Waals surface area contributed by atoms with Crippen molar-refractivity contribution in [3.8, 4) is 0 Å². The number of rotatable bonds is 4. The smallest absolute Gasteiger partial charge is 0.0747 e. The van der Waals surface area contributed by atoms with Crippen molar-refractivity contribution >= 4 is 21.6 Å². The molecule has 0 bridgehead atoms. The van der Waals surface area contributed by atoms with E-state index in [0.717, 1.165) is 15.6 Å². The number of benzene rings is 2. The van der Waals surface area contributed by atoms with E-state index < -0.39 is 0 Å². The van der Waals surface area contributed by atoms with Gasteiger partial charge in [-0.15, -0.1) is 0 Å². The zero-order valence-corrected chi connectivity index (χ0v) is 13.3. The Labute approximate surface area is 128 Å². The lowest BCUT2D eigenvalue weighted by molar-refractivity contribution is 0.746. The van der Waals surface area contributed by atoms with Crippen LogP contribution in [-0.2, 0) is 0 Å². The van der Waals surface area contributed by atoms with Crippen LogP contribution in [0.5, 0.6) is 0 Å². The minimum Gasteiger partial charge on any atom is -0.333 e. The molecule has 2 aromatic carbocycles. The van der Waals surface area contributed by atoms with Crippen LogP contribution in [0, 0.1) is 5.41 Å². The van der Waals surface area contributed by atoms with Crippen LogP contribution in [0.25, 0.3) is 0 Å². The number of hydrogen-bond acceptors (Lipinski definition) is 3. The summed E-state index contributed by atoms with van der Waals surface area (Å²) in [7, 11) is 3.38. The fourth-order valence-corrected chi connectivity index (χ4v) is 2.18. The van der Waals surface area contributed by atoms with Crippen LogP contribution < -0.4 is 11.1 Å². The van der Waals surface area contributed by atoms with Crippen LogP contribution in [0.1, 0.15) is 17.2 Å². The molecule has 0 heterocycles. The lowest BCUT2D eigenvalue weighted by atomic mass is 9.97. The number of nitrogens with one attached hydrogen (secondary N) is 2. The van der Waals surface area contributed by atoms with Gasteiger partial charge in [-0.2, -0.15) is 0 Å². The summed E-state index contributed by atoms with van der Waals surface area (Å²) in [5.74, 6) is 0. The Morgan fingerprint density at radius 3 is 2.10 bits per heavy atom. The molecular weight excluding hydrogens is 314 g/mol. The van der Waals surface area contributed by atoms with Crippen molar-refractivity contribution in [2.45, 2.75) is 6.04 Å². The maximum Gasteiger partial charge on any atom is 0.0747 e. The zero-order valence-electron chi connectivity index (χ0n) is 11.7. The third-order valence-corrected chi connectivity index (χ3v) is 3.39. The fraction of sp³-hybridized carbons (Fsp3) is 0.188. The van der Waals surface area contributed by atoms with E-state index in [2.05, 4.69) is 27.0 Å².